The molecule has 2 atom stereocenters. The van der Waals surface area contributed by atoms with Crippen LogP contribution in [0.1, 0.15) is 44.6 Å². The number of benzene rings is 1. The summed E-state index contributed by atoms with van der Waals surface area (Å²) in [5, 5.41) is 0.732. The molecule has 100 valence electrons. The van der Waals surface area contributed by atoms with Gasteiger partial charge >= 0.3 is 0 Å². The van der Waals surface area contributed by atoms with Crippen LogP contribution in [0.3, 0.4) is 0 Å². The smallest absolute Gasteiger partial charge is 0.124 e. The molecule has 0 radical (unpaired) electrons. The third-order valence-corrected chi connectivity index (χ3v) is 4.51. The molecule has 2 rings (SSSR count). The van der Waals surface area contributed by atoms with Crippen molar-refractivity contribution in [3.63, 3.8) is 0 Å². The molecule has 0 amide bonds. The summed E-state index contributed by atoms with van der Waals surface area (Å²) in [7, 11) is 1.69. The average Bonchev–Trinajstić information content (AvgIpc) is 2.39. The van der Waals surface area contributed by atoms with Gasteiger partial charge in [-0.15, -0.1) is 0 Å². The van der Waals surface area contributed by atoms with Crippen LogP contribution < -0.4 is 10.5 Å². The molecule has 2 unspecified atom stereocenters. The lowest BCUT2D eigenvalue weighted by Gasteiger charge is -2.42. The Morgan fingerprint density at radius 3 is 2.89 bits per heavy atom. The summed E-state index contributed by atoms with van der Waals surface area (Å²) in [6, 6.07) is 5.76. The van der Waals surface area contributed by atoms with E-state index in [0.717, 1.165) is 29.2 Å². The molecule has 1 aromatic rings. The Labute approximate surface area is 114 Å². The van der Waals surface area contributed by atoms with Crippen LogP contribution in [0.4, 0.5) is 0 Å². The van der Waals surface area contributed by atoms with Crippen LogP contribution in [0.15, 0.2) is 18.2 Å². The highest BCUT2D eigenvalue weighted by atomic mass is 35.5. The maximum atomic E-state index is 6.74. The minimum absolute atomic E-state index is 0.288. The van der Waals surface area contributed by atoms with Crippen LogP contribution in [-0.2, 0) is 5.54 Å². The van der Waals surface area contributed by atoms with Crippen molar-refractivity contribution < 1.29 is 4.74 Å². The predicted molar refractivity (Wildman–Crippen MR) is 76.1 cm³/mol. The van der Waals surface area contributed by atoms with E-state index >= 15 is 0 Å². The van der Waals surface area contributed by atoms with Gasteiger partial charge in [0.2, 0.25) is 0 Å². The Morgan fingerprint density at radius 1 is 1.44 bits per heavy atom. The fourth-order valence-electron chi connectivity index (χ4n) is 3.24. The maximum Gasteiger partial charge on any atom is 0.124 e. The van der Waals surface area contributed by atoms with E-state index in [1.54, 1.807) is 7.11 Å². The molecule has 1 saturated carbocycles. The lowest BCUT2D eigenvalue weighted by Crippen LogP contribution is -2.46. The van der Waals surface area contributed by atoms with Gasteiger partial charge in [0, 0.05) is 16.1 Å². The third-order valence-electron chi connectivity index (χ3n) is 4.28. The summed E-state index contributed by atoms with van der Waals surface area (Å²) in [4.78, 5) is 0. The van der Waals surface area contributed by atoms with E-state index in [4.69, 9.17) is 22.1 Å². The van der Waals surface area contributed by atoms with Crippen LogP contribution in [0.25, 0.3) is 0 Å². The quantitative estimate of drug-likeness (QED) is 0.895. The normalized spacial score (nSPS) is 28.1. The van der Waals surface area contributed by atoms with Gasteiger partial charge in [-0.2, -0.15) is 0 Å². The van der Waals surface area contributed by atoms with Crippen molar-refractivity contribution >= 4 is 11.6 Å². The van der Waals surface area contributed by atoms with E-state index in [0.29, 0.717) is 5.92 Å². The van der Waals surface area contributed by atoms with E-state index in [-0.39, 0.29) is 5.54 Å². The van der Waals surface area contributed by atoms with Gasteiger partial charge in [-0.1, -0.05) is 37.8 Å². The van der Waals surface area contributed by atoms with Crippen molar-refractivity contribution in [2.75, 3.05) is 7.11 Å². The average molecular weight is 268 g/mol. The Bertz CT molecular complexity index is 421. The van der Waals surface area contributed by atoms with Gasteiger partial charge in [-0.05, 0) is 37.0 Å². The van der Waals surface area contributed by atoms with Gasteiger partial charge in [0.15, 0.2) is 0 Å². The first-order valence-electron chi connectivity index (χ1n) is 6.74. The number of methoxy groups -OCH3 is 1. The van der Waals surface area contributed by atoms with Crippen LogP contribution in [0, 0.1) is 5.92 Å². The number of ether oxygens (including phenoxy) is 1. The van der Waals surface area contributed by atoms with Gasteiger partial charge in [-0.3, -0.25) is 0 Å². The van der Waals surface area contributed by atoms with Crippen molar-refractivity contribution in [3.05, 3.63) is 28.8 Å². The number of hydrogen-bond acceptors (Lipinski definition) is 2. The molecule has 1 fully saturated rings. The molecule has 2 nitrogen and oxygen atoms in total. The Morgan fingerprint density at radius 2 is 2.22 bits per heavy atom. The molecule has 0 saturated heterocycles. The molecule has 1 aromatic carbocycles. The van der Waals surface area contributed by atoms with Gasteiger partial charge < -0.3 is 10.5 Å². The summed E-state index contributed by atoms with van der Waals surface area (Å²) in [5.41, 5.74) is 7.53. The molecule has 0 aromatic heterocycles. The first-order chi connectivity index (χ1) is 8.61. The van der Waals surface area contributed by atoms with Crippen molar-refractivity contribution in [1.82, 2.24) is 0 Å². The molecule has 18 heavy (non-hydrogen) atoms. The molecule has 0 aliphatic heterocycles. The van der Waals surface area contributed by atoms with E-state index < -0.39 is 0 Å². The largest absolute Gasteiger partial charge is 0.496 e. The summed E-state index contributed by atoms with van der Waals surface area (Å²) in [6.45, 7) is 2.22. The zero-order chi connectivity index (χ0) is 13.2. The fraction of sp³-hybridized carbons (Fsp3) is 0.600. The van der Waals surface area contributed by atoms with Gasteiger partial charge in [0.25, 0.3) is 0 Å². The van der Waals surface area contributed by atoms with E-state index in [1.165, 1.54) is 19.3 Å². The summed E-state index contributed by atoms with van der Waals surface area (Å²) >= 11 is 6.13. The number of nitrogens with two attached hydrogens (primary N) is 1. The van der Waals surface area contributed by atoms with E-state index in [9.17, 15) is 0 Å². The number of halogens is 1. The highest BCUT2D eigenvalue weighted by Crippen LogP contribution is 2.45. The monoisotopic (exact) mass is 267 g/mol. The van der Waals surface area contributed by atoms with Crippen LogP contribution in [-0.4, -0.2) is 7.11 Å². The fourth-order valence-corrected chi connectivity index (χ4v) is 3.41. The molecular formula is C15H22ClNO. The first kappa shape index (κ1) is 13.7. The Hall–Kier alpha value is -0.730. The third kappa shape index (κ3) is 2.36. The van der Waals surface area contributed by atoms with Gasteiger partial charge in [-0.25, -0.2) is 0 Å². The van der Waals surface area contributed by atoms with Crippen LogP contribution >= 0.6 is 11.6 Å². The second-order valence-corrected chi connectivity index (χ2v) is 5.67. The standard InChI is InChI=1S/C15H22ClNO/c1-3-11-6-4-5-9-15(11,17)13-10-12(16)7-8-14(13)18-2/h7-8,10-11H,3-6,9,17H2,1-2H3. The molecule has 2 N–H and O–H groups in total. The van der Waals surface area contributed by atoms with Crippen LogP contribution in [0.2, 0.25) is 5.02 Å². The lowest BCUT2D eigenvalue weighted by molar-refractivity contribution is 0.179. The van der Waals surface area contributed by atoms with Crippen molar-refractivity contribution in [2.45, 2.75) is 44.6 Å². The minimum Gasteiger partial charge on any atom is -0.496 e. The van der Waals surface area contributed by atoms with E-state index in [1.807, 2.05) is 18.2 Å². The molecule has 0 heterocycles. The highest BCUT2D eigenvalue weighted by Gasteiger charge is 2.39. The molecule has 0 bridgehead atoms. The molecule has 0 spiro atoms. The Kier molecular flexibility index (Phi) is 4.18. The summed E-state index contributed by atoms with van der Waals surface area (Å²) in [6.07, 6.45) is 5.78. The topological polar surface area (TPSA) is 35.2 Å². The molecule has 3 heteroatoms. The second kappa shape index (κ2) is 5.50. The number of hydrogen-bond donors (Lipinski definition) is 1. The van der Waals surface area contributed by atoms with Gasteiger partial charge in [0.1, 0.15) is 5.75 Å². The summed E-state index contributed by atoms with van der Waals surface area (Å²) < 4.78 is 5.47. The molecule has 1 aliphatic rings. The number of rotatable bonds is 3. The predicted octanol–water partition coefficient (Wildman–Crippen LogP) is 4.10. The zero-order valence-corrected chi connectivity index (χ0v) is 12.0. The Balaban J connectivity index is 2.46. The SMILES string of the molecule is CCC1CCCCC1(N)c1cc(Cl)ccc1OC. The molecule has 1 aliphatic carbocycles. The second-order valence-electron chi connectivity index (χ2n) is 5.24. The van der Waals surface area contributed by atoms with Crippen molar-refractivity contribution in [3.8, 4) is 5.75 Å². The minimum atomic E-state index is -0.288. The first-order valence-corrected chi connectivity index (χ1v) is 7.12. The van der Waals surface area contributed by atoms with Crippen molar-refractivity contribution in [1.29, 1.82) is 0 Å². The van der Waals surface area contributed by atoms with Gasteiger partial charge in [0.05, 0.1) is 7.11 Å². The van der Waals surface area contributed by atoms with Crippen molar-refractivity contribution in [2.24, 2.45) is 11.7 Å². The zero-order valence-electron chi connectivity index (χ0n) is 11.2. The van der Waals surface area contributed by atoms with E-state index in [2.05, 4.69) is 6.92 Å². The lowest BCUT2D eigenvalue weighted by atomic mass is 9.68. The molecular weight excluding hydrogens is 246 g/mol. The highest BCUT2D eigenvalue weighted by molar-refractivity contribution is 6.30. The van der Waals surface area contributed by atoms with Crippen LogP contribution in [0.5, 0.6) is 5.75 Å². The maximum absolute atomic E-state index is 6.74. The summed E-state index contributed by atoms with van der Waals surface area (Å²) in [5.74, 6) is 1.38.